The van der Waals surface area contributed by atoms with Crippen molar-refractivity contribution in [1.82, 2.24) is 0 Å². The Morgan fingerprint density at radius 1 is 1.18 bits per heavy atom. The zero-order valence-electron chi connectivity index (χ0n) is 16.7. The first-order chi connectivity index (χ1) is 13.6. The zero-order chi connectivity index (χ0) is 19.9. The van der Waals surface area contributed by atoms with Gasteiger partial charge in [0.25, 0.3) is 0 Å². The molecule has 3 rings (SSSR count). The van der Waals surface area contributed by atoms with Crippen molar-refractivity contribution in [2.24, 2.45) is 0 Å². The number of hydrogen-bond acceptors (Lipinski definition) is 7. The van der Waals surface area contributed by atoms with Gasteiger partial charge in [-0.25, -0.2) is 0 Å². The molecular formula is C21H30O6S. The van der Waals surface area contributed by atoms with Gasteiger partial charge in [-0.1, -0.05) is 50.6 Å². The van der Waals surface area contributed by atoms with Crippen molar-refractivity contribution < 1.29 is 28.5 Å². The van der Waals surface area contributed by atoms with E-state index in [9.17, 15) is 4.79 Å². The number of carbonyl (C=O) groups is 1. The summed E-state index contributed by atoms with van der Waals surface area (Å²) < 4.78 is 30.3. The Morgan fingerprint density at radius 2 is 1.96 bits per heavy atom. The summed E-state index contributed by atoms with van der Waals surface area (Å²) in [5.74, 6) is 0.500. The zero-order valence-corrected chi connectivity index (χ0v) is 17.6. The Balaban J connectivity index is 1.82. The van der Waals surface area contributed by atoms with E-state index in [1.165, 1.54) is 6.92 Å². The van der Waals surface area contributed by atoms with E-state index in [-0.39, 0.29) is 23.6 Å². The maximum Gasteiger partial charge on any atom is 0.303 e. The lowest BCUT2D eigenvalue weighted by molar-refractivity contribution is -0.324. The fourth-order valence-electron chi connectivity index (χ4n) is 3.49. The second-order valence-corrected chi connectivity index (χ2v) is 8.31. The third-order valence-corrected chi connectivity index (χ3v) is 5.84. The standard InChI is InChI=1S/C21H30O6S/c1-4-6-12-23-18-17-16(26-21(28-5-2)19(18)25-14(3)22)13-24-20(27-17)15-10-8-7-9-11-15/h7-11,16-21H,4-6,12-13H2,1-3H3/t16?,17-,18?,19-,20?,21-/m0/s1. The van der Waals surface area contributed by atoms with Crippen LogP contribution in [0.25, 0.3) is 0 Å². The van der Waals surface area contributed by atoms with Crippen LogP contribution in [0.1, 0.15) is 45.5 Å². The van der Waals surface area contributed by atoms with Crippen LogP contribution >= 0.6 is 11.8 Å². The summed E-state index contributed by atoms with van der Waals surface area (Å²) in [6.45, 7) is 6.58. The average Bonchev–Trinajstić information content (AvgIpc) is 2.70. The molecule has 2 heterocycles. The van der Waals surface area contributed by atoms with Gasteiger partial charge >= 0.3 is 5.97 Å². The Hall–Kier alpha value is -1.12. The predicted octanol–water partition coefficient (Wildman–Crippen LogP) is 3.70. The van der Waals surface area contributed by atoms with Gasteiger partial charge in [-0.3, -0.25) is 4.79 Å². The first-order valence-electron chi connectivity index (χ1n) is 10.0. The molecule has 0 amide bonds. The molecule has 0 spiro atoms. The van der Waals surface area contributed by atoms with E-state index in [1.807, 2.05) is 30.3 Å². The molecule has 0 aromatic heterocycles. The van der Waals surface area contributed by atoms with E-state index in [0.717, 1.165) is 24.2 Å². The molecule has 3 unspecified atom stereocenters. The van der Waals surface area contributed by atoms with E-state index in [1.54, 1.807) is 11.8 Å². The van der Waals surface area contributed by atoms with Gasteiger partial charge in [0.1, 0.15) is 23.7 Å². The molecule has 6 nitrogen and oxygen atoms in total. The first kappa shape index (κ1) is 21.6. The number of rotatable bonds is 8. The molecule has 0 aliphatic carbocycles. The van der Waals surface area contributed by atoms with Crippen LogP contribution < -0.4 is 0 Å². The van der Waals surface area contributed by atoms with Crippen molar-refractivity contribution in [3.05, 3.63) is 35.9 Å². The Kier molecular flexibility index (Phi) is 8.17. The molecule has 0 N–H and O–H groups in total. The summed E-state index contributed by atoms with van der Waals surface area (Å²) in [7, 11) is 0. The van der Waals surface area contributed by atoms with Crippen LogP contribution in [0.3, 0.4) is 0 Å². The van der Waals surface area contributed by atoms with Crippen molar-refractivity contribution in [3.8, 4) is 0 Å². The number of thioether (sulfide) groups is 1. The van der Waals surface area contributed by atoms with E-state index in [2.05, 4.69) is 13.8 Å². The van der Waals surface area contributed by atoms with Gasteiger partial charge in [0.05, 0.1) is 6.61 Å². The van der Waals surface area contributed by atoms with Gasteiger partial charge in [-0.05, 0) is 12.2 Å². The molecule has 0 bridgehead atoms. The van der Waals surface area contributed by atoms with E-state index in [0.29, 0.717) is 13.2 Å². The van der Waals surface area contributed by atoms with Crippen LogP contribution in [-0.2, 0) is 28.5 Å². The van der Waals surface area contributed by atoms with E-state index >= 15 is 0 Å². The van der Waals surface area contributed by atoms with Crippen molar-refractivity contribution >= 4 is 17.7 Å². The summed E-state index contributed by atoms with van der Waals surface area (Å²) in [6, 6.07) is 9.81. The molecule has 1 aromatic rings. The second-order valence-electron chi connectivity index (χ2n) is 6.94. The predicted molar refractivity (Wildman–Crippen MR) is 107 cm³/mol. The maximum atomic E-state index is 11.8. The summed E-state index contributed by atoms with van der Waals surface area (Å²) in [4.78, 5) is 11.8. The Labute approximate surface area is 171 Å². The van der Waals surface area contributed by atoms with Gasteiger partial charge in [-0.15, -0.1) is 11.8 Å². The third-order valence-electron chi connectivity index (χ3n) is 4.80. The number of hydrogen-bond donors (Lipinski definition) is 0. The lowest BCUT2D eigenvalue weighted by Gasteiger charge is -2.48. The average molecular weight is 411 g/mol. The topological polar surface area (TPSA) is 63.2 Å². The highest BCUT2D eigenvalue weighted by Crippen LogP contribution is 2.39. The minimum Gasteiger partial charge on any atom is -0.456 e. The first-order valence-corrected chi connectivity index (χ1v) is 11.1. The molecule has 28 heavy (non-hydrogen) atoms. The van der Waals surface area contributed by atoms with Gasteiger partial charge in [0, 0.05) is 19.1 Å². The molecule has 156 valence electrons. The summed E-state index contributed by atoms with van der Waals surface area (Å²) >= 11 is 1.61. The summed E-state index contributed by atoms with van der Waals surface area (Å²) in [5, 5.41) is 0. The van der Waals surface area contributed by atoms with Crippen LogP contribution in [0, 0.1) is 0 Å². The Morgan fingerprint density at radius 3 is 2.64 bits per heavy atom. The lowest BCUT2D eigenvalue weighted by atomic mass is 9.98. The summed E-state index contributed by atoms with van der Waals surface area (Å²) in [6.07, 6.45) is -0.0678. The minimum absolute atomic E-state index is 0.262. The highest BCUT2D eigenvalue weighted by Gasteiger charge is 2.52. The lowest BCUT2D eigenvalue weighted by Crippen LogP contribution is -2.62. The maximum absolute atomic E-state index is 11.8. The van der Waals surface area contributed by atoms with Crippen LogP contribution in [-0.4, -0.2) is 54.8 Å². The largest absolute Gasteiger partial charge is 0.456 e. The quantitative estimate of drug-likeness (QED) is 0.478. The second kappa shape index (κ2) is 10.6. The van der Waals surface area contributed by atoms with Gasteiger partial charge in [0.2, 0.25) is 0 Å². The summed E-state index contributed by atoms with van der Waals surface area (Å²) in [5.41, 5.74) is 0.643. The van der Waals surface area contributed by atoms with E-state index in [4.69, 9.17) is 23.7 Å². The van der Waals surface area contributed by atoms with Crippen molar-refractivity contribution in [2.45, 2.75) is 69.8 Å². The molecule has 2 saturated heterocycles. The number of unbranched alkanes of at least 4 members (excludes halogenated alkanes) is 1. The van der Waals surface area contributed by atoms with E-state index < -0.39 is 18.5 Å². The van der Waals surface area contributed by atoms with Crippen LogP contribution in [0.15, 0.2) is 30.3 Å². The van der Waals surface area contributed by atoms with Crippen LogP contribution in [0.5, 0.6) is 0 Å². The van der Waals surface area contributed by atoms with Gasteiger partial charge < -0.3 is 23.7 Å². The normalized spacial score (nSPS) is 32.5. The Bertz CT molecular complexity index is 612. The fraction of sp³-hybridized carbons (Fsp3) is 0.667. The molecule has 2 fully saturated rings. The fourth-order valence-corrected chi connectivity index (χ4v) is 4.44. The molecule has 0 radical (unpaired) electrons. The van der Waals surface area contributed by atoms with Crippen molar-refractivity contribution in [3.63, 3.8) is 0 Å². The SMILES string of the molecule is CCCCOC1[C@H]2OC(c3ccccc3)OCC2O[C@@H](SCC)[C@H]1OC(C)=O. The molecule has 2 aliphatic rings. The van der Waals surface area contributed by atoms with Gasteiger partial charge in [-0.2, -0.15) is 0 Å². The number of fused-ring (bicyclic) bond motifs is 1. The molecule has 6 atom stereocenters. The number of esters is 1. The monoisotopic (exact) mass is 410 g/mol. The van der Waals surface area contributed by atoms with Crippen molar-refractivity contribution in [1.29, 1.82) is 0 Å². The molecular weight excluding hydrogens is 380 g/mol. The smallest absolute Gasteiger partial charge is 0.303 e. The molecule has 7 heteroatoms. The highest BCUT2D eigenvalue weighted by atomic mass is 32.2. The number of ether oxygens (including phenoxy) is 5. The molecule has 0 saturated carbocycles. The van der Waals surface area contributed by atoms with Crippen LogP contribution in [0.4, 0.5) is 0 Å². The molecule has 2 aliphatic heterocycles. The van der Waals surface area contributed by atoms with Crippen molar-refractivity contribution in [2.75, 3.05) is 19.0 Å². The van der Waals surface area contributed by atoms with Crippen LogP contribution in [0.2, 0.25) is 0 Å². The number of benzene rings is 1. The third kappa shape index (κ3) is 5.27. The van der Waals surface area contributed by atoms with Gasteiger partial charge in [0.15, 0.2) is 12.4 Å². The number of carbonyl (C=O) groups excluding carboxylic acids is 1. The highest BCUT2D eigenvalue weighted by molar-refractivity contribution is 7.99. The minimum atomic E-state index is -0.518. The molecule has 1 aromatic carbocycles.